The van der Waals surface area contributed by atoms with Gasteiger partial charge in [-0.15, -0.1) is 0 Å². The SMILES string of the molecule is CC(CC(F)(F)F)Nc1cc(C(F)(F)F)cc(N)n1. The lowest BCUT2D eigenvalue weighted by atomic mass is 10.2. The zero-order chi connectivity index (χ0) is 14.8. The molecule has 108 valence electrons. The number of hydrogen-bond acceptors (Lipinski definition) is 3. The van der Waals surface area contributed by atoms with E-state index in [0.717, 1.165) is 0 Å². The van der Waals surface area contributed by atoms with Crippen molar-refractivity contribution in [3.8, 4) is 0 Å². The molecule has 3 N–H and O–H groups in total. The Kier molecular flexibility index (Phi) is 4.16. The van der Waals surface area contributed by atoms with Crippen molar-refractivity contribution in [1.82, 2.24) is 4.98 Å². The van der Waals surface area contributed by atoms with Crippen molar-refractivity contribution >= 4 is 11.6 Å². The van der Waals surface area contributed by atoms with Crippen LogP contribution < -0.4 is 11.1 Å². The quantitative estimate of drug-likeness (QED) is 0.837. The van der Waals surface area contributed by atoms with Gasteiger partial charge in [-0.05, 0) is 19.1 Å². The summed E-state index contributed by atoms with van der Waals surface area (Å²) in [5.41, 5.74) is 4.12. The van der Waals surface area contributed by atoms with Gasteiger partial charge in [0.05, 0.1) is 12.0 Å². The molecule has 0 saturated heterocycles. The average Bonchev–Trinajstić information content (AvgIpc) is 2.11. The van der Waals surface area contributed by atoms with E-state index in [1.54, 1.807) is 0 Å². The summed E-state index contributed by atoms with van der Waals surface area (Å²) in [6.07, 6.45) is -10.2. The third kappa shape index (κ3) is 5.23. The van der Waals surface area contributed by atoms with Gasteiger partial charge in [0.1, 0.15) is 11.6 Å². The van der Waals surface area contributed by atoms with Gasteiger partial charge in [-0.3, -0.25) is 0 Å². The summed E-state index contributed by atoms with van der Waals surface area (Å²) in [5, 5.41) is 2.24. The van der Waals surface area contributed by atoms with Crippen LogP contribution in [0.4, 0.5) is 38.0 Å². The summed E-state index contributed by atoms with van der Waals surface area (Å²) in [5.74, 6) is -0.763. The maximum absolute atomic E-state index is 12.5. The second kappa shape index (κ2) is 5.14. The van der Waals surface area contributed by atoms with Gasteiger partial charge in [-0.2, -0.15) is 26.3 Å². The summed E-state index contributed by atoms with van der Waals surface area (Å²) in [4.78, 5) is 3.52. The first-order chi connectivity index (χ1) is 8.47. The van der Waals surface area contributed by atoms with Crippen molar-refractivity contribution < 1.29 is 26.3 Å². The maximum Gasteiger partial charge on any atom is 0.416 e. The Morgan fingerprint density at radius 1 is 1.21 bits per heavy atom. The maximum atomic E-state index is 12.5. The van der Waals surface area contributed by atoms with Gasteiger partial charge < -0.3 is 11.1 Å². The molecule has 0 spiro atoms. The Labute approximate surface area is 104 Å². The van der Waals surface area contributed by atoms with Gasteiger partial charge in [0, 0.05) is 6.04 Å². The van der Waals surface area contributed by atoms with Crippen LogP contribution in [0.25, 0.3) is 0 Å². The summed E-state index contributed by atoms with van der Waals surface area (Å²) in [6, 6.07) is 0.110. The van der Waals surface area contributed by atoms with Crippen molar-refractivity contribution in [2.75, 3.05) is 11.1 Å². The zero-order valence-corrected chi connectivity index (χ0v) is 9.73. The molecule has 9 heteroatoms. The van der Waals surface area contributed by atoms with Crippen LogP contribution in [0.15, 0.2) is 12.1 Å². The molecule has 3 nitrogen and oxygen atoms in total. The second-order valence-corrected chi connectivity index (χ2v) is 4.03. The molecule has 1 unspecified atom stereocenters. The molecule has 1 aromatic rings. The van der Waals surface area contributed by atoms with Crippen molar-refractivity contribution in [1.29, 1.82) is 0 Å². The van der Waals surface area contributed by atoms with Crippen LogP contribution in [-0.4, -0.2) is 17.2 Å². The van der Waals surface area contributed by atoms with Gasteiger partial charge in [-0.1, -0.05) is 0 Å². The Balaban J connectivity index is 2.87. The van der Waals surface area contributed by atoms with E-state index in [1.807, 2.05) is 0 Å². The van der Waals surface area contributed by atoms with Crippen molar-refractivity contribution in [3.05, 3.63) is 17.7 Å². The monoisotopic (exact) mass is 287 g/mol. The molecule has 0 aliphatic heterocycles. The molecule has 0 bridgehead atoms. The highest BCUT2D eigenvalue weighted by Gasteiger charge is 2.33. The van der Waals surface area contributed by atoms with Crippen molar-refractivity contribution in [3.63, 3.8) is 0 Å². The van der Waals surface area contributed by atoms with Crippen molar-refractivity contribution in [2.24, 2.45) is 0 Å². The summed E-state index contributed by atoms with van der Waals surface area (Å²) in [7, 11) is 0. The van der Waals surface area contributed by atoms with Crippen LogP contribution in [-0.2, 0) is 6.18 Å². The molecule has 0 aliphatic rings. The van der Waals surface area contributed by atoms with Crippen LogP contribution in [0.5, 0.6) is 0 Å². The predicted molar refractivity (Wildman–Crippen MR) is 57.4 cm³/mol. The molecule has 0 aliphatic carbocycles. The summed E-state index contributed by atoms with van der Waals surface area (Å²) < 4.78 is 73.7. The van der Waals surface area contributed by atoms with E-state index in [-0.39, 0.29) is 5.82 Å². The molecule has 1 heterocycles. The van der Waals surface area contributed by atoms with Crippen LogP contribution in [0.2, 0.25) is 0 Å². The van der Waals surface area contributed by atoms with E-state index in [0.29, 0.717) is 12.1 Å². The molecule has 0 fully saturated rings. The van der Waals surface area contributed by atoms with Gasteiger partial charge in [0.15, 0.2) is 0 Å². The van der Waals surface area contributed by atoms with Crippen molar-refractivity contribution in [2.45, 2.75) is 31.7 Å². The molecule has 19 heavy (non-hydrogen) atoms. The third-order valence-corrected chi connectivity index (χ3v) is 2.10. The zero-order valence-electron chi connectivity index (χ0n) is 9.73. The Hall–Kier alpha value is -1.67. The normalized spacial score (nSPS) is 14.3. The fraction of sp³-hybridized carbons (Fsp3) is 0.500. The third-order valence-electron chi connectivity index (χ3n) is 2.10. The number of nitrogens with two attached hydrogens (primary N) is 1. The molecule has 0 aromatic carbocycles. The highest BCUT2D eigenvalue weighted by molar-refractivity contribution is 5.47. The first-order valence-electron chi connectivity index (χ1n) is 5.15. The Morgan fingerprint density at radius 3 is 2.26 bits per heavy atom. The van der Waals surface area contributed by atoms with Crippen LogP contribution in [0.3, 0.4) is 0 Å². The first-order valence-corrected chi connectivity index (χ1v) is 5.15. The number of alkyl halides is 6. The van der Waals surface area contributed by atoms with Gasteiger partial charge in [0.25, 0.3) is 0 Å². The molecule has 0 saturated carbocycles. The van der Waals surface area contributed by atoms with Gasteiger partial charge in [-0.25, -0.2) is 4.98 Å². The minimum absolute atomic E-state index is 0.343. The molecule has 1 atom stereocenters. The lowest BCUT2D eigenvalue weighted by Crippen LogP contribution is -2.24. The minimum atomic E-state index is -4.64. The number of halogens is 6. The fourth-order valence-electron chi connectivity index (χ4n) is 1.44. The van der Waals surface area contributed by atoms with Gasteiger partial charge >= 0.3 is 12.4 Å². The molecule has 1 rings (SSSR count). The molecule has 0 amide bonds. The molecular weight excluding hydrogens is 276 g/mol. The van der Waals surface area contributed by atoms with Crippen LogP contribution in [0, 0.1) is 0 Å². The number of aromatic nitrogens is 1. The largest absolute Gasteiger partial charge is 0.416 e. The highest BCUT2D eigenvalue weighted by atomic mass is 19.4. The van der Waals surface area contributed by atoms with E-state index < -0.39 is 36.2 Å². The second-order valence-electron chi connectivity index (χ2n) is 4.03. The number of pyridine rings is 1. The smallest absolute Gasteiger partial charge is 0.384 e. The number of nitrogens with one attached hydrogen (secondary N) is 1. The number of hydrogen-bond donors (Lipinski definition) is 2. The summed E-state index contributed by atoms with van der Waals surface area (Å²) >= 11 is 0. The standard InChI is InChI=1S/C10H11F6N3/c1-5(4-9(11,12)13)18-8-3-6(10(14,15)16)2-7(17)19-8/h2-3,5H,4H2,1H3,(H3,17,18,19). The lowest BCUT2D eigenvalue weighted by molar-refractivity contribution is -0.138. The van der Waals surface area contributed by atoms with E-state index in [9.17, 15) is 26.3 Å². The first kappa shape index (κ1) is 15.4. The number of nitrogens with zero attached hydrogens (tertiary/aromatic N) is 1. The van der Waals surface area contributed by atoms with Crippen LogP contribution in [0.1, 0.15) is 18.9 Å². The predicted octanol–water partition coefficient (Wildman–Crippen LogP) is 3.44. The van der Waals surface area contributed by atoms with E-state index in [1.165, 1.54) is 6.92 Å². The Morgan fingerprint density at radius 2 is 1.79 bits per heavy atom. The minimum Gasteiger partial charge on any atom is -0.384 e. The fourth-order valence-corrected chi connectivity index (χ4v) is 1.44. The summed E-state index contributed by atoms with van der Waals surface area (Å²) in [6.45, 7) is 1.19. The van der Waals surface area contributed by atoms with E-state index in [2.05, 4.69) is 10.3 Å². The average molecular weight is 287 g/mol. The lowest BCUT2D eigenvalue weighted by Gasteiger charge is -2.17. The Bertz CT molecular complexity index is 440. The van der Waals surface area contributed by atoms with Crippen LogP contribution >= 0.6 is 0 Å². The topological polar surface area (TPSA) is 50.9 Å². The highest BCUT2D eigenvalue weighted by Crippen LogP contribution is 2.32. The molecule has 1 aromatic heterocycles. The number of rotatable bonds is 3. The van der Waals surface area contributed by atoms with Gasteiger partial charge in [0.2, 0.25) is 0 Å². The number of nitrogen functional groups attached to an aromatic ring is 1. The van der Waals surface area contributed by atoms with E-state index in [4.69, 9.17) is 5.73 Å². The number of anilines is 2. The molecular formula is C10H11F6N3. The van der Waals surface area contributed by atoms with E-state index >= 15 is 0 Å². The molecule has 0 radical (unpaired) electrons.